The van der Waals surface area contributed by atoms with Gasteiger partial charge < -0.3 is 9.64 Å². The summed E-state index contributed by atoms with van der Waals surface area (Å²) in [4.78, 5) is 43.6. The van der Waals surface area contributed by atoms with Crippen LogP contribution in [0.25, 0.3) is 0 Å². The van der Waals surface area contributed by atoms with Crippen molar-refractivity contribution in [3.63, 3.8) is 0 Å². The smallest absolute Gasteiger partial charge is 0.415 e. The van der Waals surface area contributed by atoms with Crippen molar-refractivity contribution in [2.75, 3.05) is 19.6 Å². The molecule has 0 aliphatic carbocycles. The molecule has 0 atom stereocenters. The number of aromatic nitrogens is 1. The van der Waals surface area contributed by atoms with Gasteiger partial charge in [0.1, 0.15) is 5.15 Å². The van der Waals surface area contributed by atoms with Crippen molar-refractivity contribution in [3.05, 3.63) is 41.3 Å². The topological polar surface area (TPSA) is 91.8 Å². The minimum Gasteiger partial charge on any atom is -0.436 e. The Morgan fingerprint density at radius 3 is 2.74 bits per heavy atom. The summed E-state index contributed by atoms with van der Waals surface area (Å²) < 4.78 is 5.60. The van der Waals surface area contributed by atoms with Crippen LogP contribution in [-0.2, 0) is 4.74 Å². The summed E-state index contributed by atoms with van der Waals surface area (Å²) in [5.41, 5.74) is 0.0154. The molecule has 0 radical (unpaired) electrons. The highest BCUT2D eigenvalue weighted by Crippen LogP contribution is 2.40. The average Bonchev–Trinajstić information content (AvgIpc) is 2.87. The number of likely N-dealkylation sites (tertiary alicyclic amines) is 1. The Balaban J connectivity index is 1.60. The van der Waals surface area contributed by atoms with Crippen molar-refractivity contribution in [2.24, 2.45) is 0 Å². The van der Waals surface area contributed by atoms with E-state index in [-0.39, 0.29) is 16.8 Å². The fourth-order valence-electron chi connectivity index (χ4n) is 3.35. The lowest BCUT2D eigenvalue weighted by Crippen LogP contribution is -2.51. The monoisotopic (exact) mass is 392 g/mol. The third-order valence-corrected chi connectivity index (χ3v) is 5.19. The number of halogens is 1. The SMILES string of the molecule is C=C1N(CCC)C(=O)OC12CCN(C(=O)NC(=O)c1cccnc1Cl)CC2. The second-order valence-corrected chi connectivity index (χ2v) is 6.91. The van der Waals surface area contributed by atoms with E-state index < -0.39 is 17.5 Å². The highest BCUT2D eigenvalue weighted by Gasteiger charge is 2.50. The molecule has 144 valence electrons. The van der Waals surface area contributed by atoms with Crippen molar-refractivity contribution in [3.8, 4) is 0 Å². The lowest BCUT2D eigenvalue weighted by Gasteiger charge is -2.37. The van der Waals surface area contributed by atoms with Crippen LogP contribution < -0.4 is 5.32 Å². The van der Waals surface area contributed by atoms with Crippen LogP contribution in [0.15, 0.2) is 30.6 Å². The van der Waals surface area contributed by atoms with Gasteiger partial charge in [-0.15, -0.1) is 0 Å². The summed E-state index contributed by atoms with van der Waals surface area (Å²) in [6, 6.07) is 2.54. The highest BCUT2D eigenvalue weighted by atomic mass is 35.5. The first-order chi connectivity index (χ1) is 12.9. The van der Waals surface area contributed by atoms with E-state index in [2.05, 4.69) is 16.9 Å². The van der Waals surface area contributed by atoms with E-state index in [4.69, 9.17) is 16.3 Å². The molecular weight excluding hydrogens is 372 g/mol. The number of urea groups is 1. The predicted molar refractivity (Wildman–Crippen MR) is 98.3 cm³/mol. The number of piperidine rings is 1. The molecular formula is C18H21ClN4O4. The first kappa shape index (κ1) is 19.2. The number of hydrogen-bond donors (Lipinski definition) is 1. The van der Waals surface area contributed by atoms with Crippen LogP contribution >= 0.6 is 11.6 Å². The molecule has 0 saturated carbocycles. The van der Waals surface area contributed by atoms with Gasteiger partial charge in [0.05, 0.1) is 11.3 Å². The number of ether oxygens (including phenoxy) is 1. The second-order valence-electron chi connectivity index (χ2n) is 6.55. The number of pyridine rings is 1. The zero-order valence-corrected chi connectivity index (χ0v) is 15.8. The third kappa shape index (κ3) is 3.62. The molecule has 2 aliphatic rings. The van der Waals surface area contributed by atoms with Crippen molar-refractivity contribution in [1.29, 1.82) is 0 Å². The Hall–Kier alpha value is -2.61. The van der Waals surface area contributed by atoms with Gasteiger partial charge in [0.2, 0.25) is 0 Å². The molecule has 3 rings (SSSR count). The summed E-state index contributed by atoms with van der Waals surface area (Å²) in [6.07, 6.45) is 2.75. The quantitative estimate of drug-likeness (QED) is 0.798. The largest absolute Gasteiger partial charge is 0.436 e. The van der Waals surface area contributed by atoms with E-state index >= 15 is 0 Å². The molecule has 0 aromatic carbocycles. The summed E-state index contributed by atoms with van der Waals surface area (Å²) in [5, 5.41) is 2.35. The Kier molecular flexibility index (Phi) is 5.36. The van der Waals surface area contributed by atoms with E-state index in [0.29, 0.717) is 38.2 Å². The number of nitrogens with zero attached hydrogens (tertiary/aromatic N) is 3. The van der Waals surface area contributed by atoms with Gasteiger partial charge in [-0.2, -0.15) is 0 Å². The molecule has 0 bridgehead atoms. The van der Waals surface area contributed by atoms with E-state index in [9.17, 15) is 14.4 Å². The van der Waals surface area contributed by atoms with Crippen molar-refractivity contribution >= 4 is 29.6 Å². The van der Waals surface area contributed by atoms with E-state index in [0.717, 1.165) is 6.42 Å². The maximum atomic E-state index is 12.4. The predicted octanol–water partition coefficient (Wildman–Crippen LogP) is 2.80. The fourth-order valence-corrected chi connectivity index (χ4v) is 3.55. The minimum absolute atomic E-state index is 0.0329. The maximum absolute atomic E-state index is 12.4. The van der Waals surface area contributed by atoms with E-state index in [1.54, 1.807) is 11.0 Å². The lowest BCUT2D eigenvalue weighted by molar-refractivity contribution is 0.0236. The van der Waals surface area contributed by atoms with Gasteiger partial charge in [-0.1, -0.05) is 25.1 Å². The Morgan fingerprint density at radius 2 is 2.11 bits per heavy atom. The van der Waals surface area contributed by atoms with E-state index in [1.807, 2.05) is 6.92 Å². The van der Waals surface area contributed by atoms with Crippen LogP contribution in [0.3, 0.4) is 0 Å². The van der Waals surface area contributed by atoms with Crippen LogP contribution in [0.5, 0.6) is 0 Å². The number of imide groups is 1. The third-order valence-electron chi connectivity index (χ3n) is 4.88. The number of amides is 4. The number of carbonyl (C=O) groups excluding carboxylic acids is 3. The summed E-state index contributed by atoms with van der Waals surface area (Å²) in [6.45, 7) is 7.25. The molecule has 27 heavy (non-hydrogen) atoms. The number of hydrogen-bond acceptors (Lipinski definition) is 5. The minimum atomic E-state index is -0.764. The van der Waals surface area contributed by atoms with Crippen LogP contribution in [0.1, 0.15) is 36.5 Å². The lowest BCUT2D eigenvalue weighted by atomic mass is 9.88. The van der Waals surface area contributed by atoms with Gasteiger partial charge in [-0.25, -0.2) is 14.6 Å². The second kappa shape index (κ2) is 7.56. The van der Waals surface area contributed by atoms with Gasteiger partial charge >= 0.3 is 12.1 Å². The maximum Gasteiger partial charge on any atom is 0.415 e. The van der Waals surface area contributed by atoms with Crippen molar-refractivity contribution in [2.45, 2.75) is 31.8 Å². The molecule has 0 unspecified atom stereocenters. The van der Waals surface area contributed by atoms with Gasteiger partial charge in [0.15, 0.2) is 5.60 Å². The number of carbonyl (C=O) groups is 3. The molecule has 2 saturated heterocycles. The normalized spacial score (nSPS) is 18.6. The van der Waals surface area contributed by atoms with Crippen LogP contribution in [0.2, 0.25) is 5.15 Å². The van der Waals surface area contributed by atoms with Crippen molar-refractivity contribution in [1.82, 2.24) is 20.1 Å². The first-order valence-electron chi connectivity index (χ1n) is 8.78. The summed E-state index contributed by atoms with van der Waals surface area (Å²) in [7, 11) is 0. The van der Waals surface area contributed by atoms with Gasteiger partial charge in [0.25, 0.3) is 5.91 Å². The van der Waals surface area contributed by atoms with Gasteiger partial charge in [-0.3, -0.25) is 15.0 Å². The fraction of sp³-hybridized carbons (Fsp3) is 0.444. The molecule has 8 nitrogen and oxygen atoms in total. The molecule has 1 spiro atoms. The van der Waals surface area contributed by atoms with Gasteiger partial charge in [0, 0.05) is 38.7 Å². The Morgan fingerprint density at radius 1 is 1.41 bits per heavy atom. The molecule has 2 fully saturated rings. The molecule has 9 heteroatoms. The average molecular weight is 393 g/mol. The molecule has 1 aromatic rings. The van der Waals surface area contributed by atoms with Crippen molar-refractivity contribution < 1.29 is 19.1 Å². The Bertz CT molecular complexity index is 789. The molecule has 4 amide bonds. The number of nitrogens with one attached hydrogen (secondary N) is 1. The van der Waals surface area contributed by atoms with E-state index in [1.165, 1.54) is 17.2 Å². The molecule has 1 aromatic heterocycles. The molecule has 2 aliphatic heterocycles. The first-order valence-corrected chi connectivity index (χ1v) is 9.16. The summed E-state index contributed by atoms with van der Waals surface area (Å²) >= 11 is 5.88. The number of rotatable bonds is 3. The Labute approximate surface area is 162 Å². The summed E-state index contributed by atoms with van der Waals surface area (Å²) in [5.74, 6) is -0.607. The molecule has 3 heterocycles. The molecule has 1 N–H and O–H groups in total. The zero-order valence-electron chi connectivity index (χ0n) is 15.0. The standard InChI is InChI=1S/C18H21ClN4O4/c1-3-9-23-12(2)18(27-17(23)26)6-10-22(11-7-18)16(25)21-15(24)13-5-4-8-20-14(13)19/h4-5,8H,2-3,6-7,9-11H2,1H3,(H,21,24,25). The van der Waals surface area contributed by atoms with Crippen LogP contribution in [0, 0.1) is 0 Å². The van der Waals surface area contributed by atoms with Crippen LogP contribution in [-0.4, -0.2) is 58.1 Å². The van der Waals surface area contributed by atoms with Gasteiger partial charge in [-0.05, 0) is 18.6 Å². The highest BCUT2D eigenvalue weighted by molar-refractivity contribution is 6.33. The van der Waals surface area contributed by atoms with Crippen LogP contribution in [0.4, 0.5) is 9.59 Å². The zero-order chi connectivity index (χ0) is 19.6.